The van der Waals surface area contributed by atoms with Crippen molar-refractivity contribution in [1.29, 1.82) is 0 Å². The molecule has 2 aromatic rings. The summed E-state index contributed by atoms with van der Waals surface area (Å²) in [6.07, 6.45) is 0. The standard InChI is InChI=1S/C7H4O3S.C2H6/c8-4-1-2-5-6(3-4)11-7(9)10-5;1-2/h1-3,8H;1-2H3. The Bertz CT molecular complexity index is 441. The van der Waals surface area contributed by atoms with Crippen LogP contribution in [0.2, 0.25) is 0 Å². The Kier molecular flexibility index (Phi) is 3.08. The Morgan fingerprint density at radius 1 is 1.38 bits per heavy atom. The first-order valence-corrected chi connectivity index (χ1v) is 4.80. The molecule has 0 aliphatic rings. The van der Waals surface area contributed by atoms with Crippen LogP contribution in [0.25, 0.3) is 10.3 Å². The third-order valence-electron chi connectivity index (χ3n) is 1.31. The molecule has 1 heterocycles. The van der Waals surface area contributed by atoms with Crippen molar-refractivity contribution in [1.82, 2.24) is 0 Å². The Labute approximate surface area is 79.2 Å². The van der Waals surface area contributed by atoms with Crippen LogP contribution in [0.3, 0.4) is 0 Å². The molecule has 0 amide bonds. The molecule has 1 aromatic heterocycles. The molecule has 0 saturated heterocycles. The van der Waals surface area contributed by atoms with E-state index in [1.165, 1.54) is 12.1 Å². The van der Waals surface area contributed by atoms with Crippen molar-refractivity contribution in [3.05, 3.63) is 27.9 Å². The monoisotopic (exact) mass is 198 g/mol. The predicted molar refractivity (Wildman–Crippen MR) is 53.4 cm³/mol. The van der Waals surface area contributed by atoms with Crippen molar-refractivity contribution in [3.63, 3.8) is 0 Å². The highest BCUT2D eigenvalue weighted by Gasteiger charge is 2.00. The Hall–Kier alpha value is -1.29. The number of aromatic hydroxyl groups is 1. The molecule has 1 aromatic carbocycles. The predicted octanol–water partition coefficient (Wildman–Crippen LogP) is 2.59. The average molecular weight is 198 g/mol. The van der Waals surface area contributed by atoms with Gasteiger partial charge in [-0.2, -0.15) is 0 Å². The molecule has 4 heteroatoms. The second kappa shape index (κ2) is 4.09. The maximum atomic E-state index is 10.7. The van der Waals surface area contributed by atoms with Gasteiger partial charge in [0.15, 0.2) is 0 Å². The van der Waals surface area contributed by atoms with E-state index in [4.69, 9.17) is 9.52 Å². The van der Waals surface area contributed by atoms with Gasteiger partial charge in [0.1, 0.15) is 11.3 Å². The summed E-state index contributed by atoms with van der Waals surface area (Å²) in [5.74, 6) is 0.148. The second-order valence-corrected chi connectivity index (χ2v) is 3.06. The molecule has 1 N–H and O–H groups in total. The number of rotatable bonds is 0. The molecule has 3 nitrogen and oxygen atoms in total. The largest absolute Gasteiger partial charge is 0.508 e. The quantitative estimate of drug-likeness (QED) is 0.707. The van der Waals surface area contributed by atoms with E-state index in [1.807, 2.05) is 13.8 Å². The van der Waals surface area contributed by atoms with Crippen molar-refractivity contribution < 1.29 is 9.52 Å². The highest BCUT2D eigenvalue weighted by atomic mass is 32.1. The van der Waals surface area contributed by atoms with E-state index >= 15 is 0 Å². The summed E-state index contributed by atoms with van der Waals surface area (Å²) >= 11 is 0.984. The fourth-order valence-corrected chi connectivity index (χ4v) is 1.56. The van der Waals surface area contributed by atoms with Crippen LogP contribution in [-0.2, 0) is 0 Å². The van der Waals surface area contributed by atoms with E-state index in [0.717, 1.165) is 11.3 Å². The number of phenolic OH excluding ortho intramolecular Hbond substituents is 1. The van der Waals surface area contributed by atoms with Crippen LogP contribution in [0.15, 0.2) is 27.4 Å². The third-order valence-corrected chi connectivity index (χ3v) is 2.10. The fourth-order valence-electron chi connectivity index (χ4n) is 0.861. The second-order valence-electron chi connectivity index (χ2n) is 2.09. The van der Waals surface area contributed by atoms with Gasteiger partial charge in [0.05, 0.1) is 4.70 Å². The van der Waals surface area contributed by atoms with Crippen molar-refractivity contribution in [3.8, 4) is 5.75 Å². The van der Waals surface area contributed by atoms with Gasteiger partial charge in [0.2, 0.25) is 0 Å². The first kappa shape index (κ1) is 9.80. The molecule has 0 spiro atoms. The molecule has 2 rings (SSSR count). The van der Waals surface area contributed by atoms with Gasteiger partial charge in [-0.05, 0) is 12.1 Å². The highest BCUT2D eigenvalue weighted by Crippen LogP contribution is 2.21. The first-order valence-electron chi connectivity index (χ1n) is 3.98. The highest BCUT2D eigenvalue weighted by molar-refractivity contribution is 7.16. The van der Waals surface area contributed by atoms with E-state index in [0.29, 0.717) is 10.3 Å². The molecule has 70 valence electrons. The van der Waals surface area contributed by atoms with Crippen molar-refractivity contribution in [2.24, 2.45) is 0 Å². The molecule has 0 atom stereocenters. The minimum absolute atomic E-state index is 0.148. The van der Waals surface area contributed by atoms with Crippen LogP contribution in [0, 0.1) is 0 Å². The Morgan fingerprint density at radius 3 is 2.77 bits per heavy atom. The van der Waals surface area contributed by atoms with Crippen LogP contribution in [0.1, 0.15) is 13.8 Å². The fraction of sp³-hybridized carbons (Fsp3) is 0.222. The van der Waals surface area contributed by atoms with Crippen LogP contribution < -0.4 is 4.94 Å². The van der Waals surface area contributed by atoms with Crippen molar-refractivity contribution >= 4 is 21.6 Å². The molecule has 13 heavy (non-hydrogen) atoms. The van der Waals surface area contributed by atoms with E-state index in [-0.39, 0.29) is 10.7 Å². The van der Waals surface area contributed by atoms with Gasteiger partial charge >= 0.3 is 4.94 Å². The molecular formula is C9H10O3S. The van der Waals surface area contributed by atoms with Gasteiger partial charge in [-0.3, -0.25) is 0 Å². The summed E-state index contributed by atoms with van der Waals surface area (Å²) < 4.78 is 5.45. The van der Waals surface area contributed by atoms with Crippen LogP contribution in [0.5, 0.6) is 5.75 Å². The summed E-state index contributed by atoms with van der Waals surface area (Å²) in [6, 6.07) is 4.56. The summed E-state index contributed by atoms with van der Waals surface area (Å²) in [6.45, 7) is 4.00. The van der Waals surface area contributed by atoms with Crippen LogP contribution in [0.4, 0.5) is 0 Å². The molecule has 0 bridgehead atoms. The number of hydrogen-bond acceptors (Lipinski definition) is 4. The summed E-state index contributed by atoms with van der Waals surface area (Å²) in [4.78, 5) is 10.3. The lowest BCUT2D eigenvalue weighted by Gasteiger charge is -1.87. The zero-order chi connectivity index (χ0) is 9.84. The Morgan fingerprint density at radius 2 is 2.08 bits per heavy atom. The molecular weight excluding hydrogens is 188 g/mol. The van der Waals surface area contributed by atoms with E-state index < -0.39 is 0 Å². The lowest BCUT2D eigenvalue weighted by molar-refractivity contribution is 0.475. The minimum Gasteiger partial charge on any atom is -0.508 e. The van der Waals surface area contributed by atoms with Gasteiger partial charge < -0.3 is 9.52 Å². The topological polar surface area (TPSA) is 50.4 Å². The van der Waals surface area contributed by atoms with E-state index in [1.54, 1.807) is 6.07 Å². The number of phenols is 1. The smallest absolute Gasteiger partial charge is 0.396 e. The Balaban J connectivity index is 0.000000396. The molecule has 0 radical (unpaired) electrons. The first-order chi connectivity index (χ1) is 6.25. The van der Waals surface area contributed by atoms with Crippen LogP contribution in [-0.4, -0.2) is 5.11 Å². The van der Waals surface area contributed by atoms with Gasteiger partial charge in [-0.15, -0.1) is 0 Å². The van der Waals surface area contributed by atoms with Crippen molar-refractivity contribution in [2.75, 3.05) is 0 Å². The third kappa shape index (κ3) is 2.09. The normalized spacial score (nSPS) is 9.38. The maximum Gasteiger partial charge on any atom is 0.396 e. The molecule has 0 aliphatic heterocycles. The number of benzene rings is 1. The summed E-state index contributed by atoms with van der Waals surface area (Å²) in [5, 5.41) is 9.00. The number of hydrogen-bond donors (Lipinski definition) is 1. The summed E-state index contributed by atoms with van der Waals surface area (Å²) in [5.41, 5.74) is 0.526. The summed E-state index contributed by atoms with van der Waals surface area (Å²) in [7, 11) is 0. The average Bonchev–Trinajstić information content (AvgIpc) is 2.48. The molecule has 0 aliphatic carbocycles. The SMILES string of the molecule is CC.O=c1oc2ccc(O)cc2s1. The van der Waals surface area contributed by atoms with Gasteiger partial charge in [0, 0.05) is 6.07 Å². The lowest BCUT2D eigenvalue weighted by Crippen LogP contribution is -1.79. The zero-order valence-electron chi connectivity index (χ0n) is 7.40. The van der Waals surface area contributed by atoms with Gasteiger partial charge in [-0.1, -0.05) is 25.2 Å². The molecule has 0 unspecified atom stereocenters. The van der Waals surface area contributed by atoms with Gasteiger partial charge in [-0.25, -0.2) is 4.79 Å². The van der Waals surface area contributed by atoms with E-state index in [9.17, 15) is 4.79 Å². The van der Waals surface area contributed by atoms with Gasteiger partial charge in [0.25, 0.3) is 0 Å². The minimum atomic E-state index is -0.342. The maximum absolute atomic E-state index is 10.7. The van der Waals surface area contributed by atoms with E-state index in [2.05, 4.69) is 0 Å². The van der Waals surface area contributed by atoms with Crippen molar-refractivity contribution in [2.45, 2.75) is 13.8 Å². The lowest BCUT2D eigenvalue weighted by atomic mass is 10.3. The van der Waals surface area contributed by atoms with Crippen LogP contribution >= 0.6 is 11.3 Å². The molecule has 0 fully saturated rings. The number of fused-ring (bicyclic) bond motifs is 1. The molecule has 0 saturated carbocycles. The zero-order valence-corrected chi connectivity index (χ0v) is 8.22.